The molecule has 1 aromatic rings. The second kappa shape index (κ2) is 15.6. The van der Waals surface area contributed by atoms with Crippen molar-refractivity contribution >= 4 is 23.8 Å². The van der Waals surface area contributed by atoms with Gasteiger partial charge in [0.05, 0.1) is 6.04 Å². The monoisotopic (exact) mass is 587 g/mol. The number of nitrogens with one attached hydrogen (secondary N) is 4. The van der Waals surface area contributed by atoms with Gasteiger partial charge in [0.15, 0.2) is 0 Å². The lowest BCUT2D eigenvalue weighted by atomic mass is 9.95. The first-order valence-corrected chi connectivity index (χ1v) is 14.6. The number of alkyl carbamates (subject to hydrolysis) is 1. The van der Waals surface area contributed by atoms with Gasteiger partial charge in [-0.15, -0.1) is 0 Å². The van der Waals surface area contributed by atoms with E-state index in [-0.39, 0.29) is 29.7 Å². The van der Waals surface area contributed by atoms with Crippen molar-refractivity contribution in [3.05, 3.63) is 42.5 Å². The molecule has 4 atom stereocenters. The van der Waals surface area contributed by atoms with Crippen molar-refractivity contribution in [2.75, 3.05) is 13.2 Å². The quantitative estimate of drug-likeness (QED) is 0.274. The van der Waals surface area contributed by atoms with E-state index in [1.807, 2.05) is 38.1 Å². The minimum Gasteiger partial charge on any atom is -0.490 e. The van der Waals surface area contributed by atoms with Crippen LogP contribution in [0.4, 0.5) is 4.79 Å². The molecule has 0 bridgehead atoms. The molecule has 0 aliphatic carbocycles. The molecule has 2 rings (SSSR count). The molecular weight excluding hydrogens is 538 g/mol. The van der Waals surface area contributed by atoms with Gasteiger partial charge in [-0.2, -0.15) is 0 Å². The van der Waals surface area contributed by atoms with E-state index in [2.05, 4.69) is 28.0 Å². The van der Waals surface area contributed by atoms with Crippen molar-refractivity contribution < 1.29 is 28.7 Å². The Morgan fingerprint density at radius 1 is 1.07 bits per heavy atom. The van der Waals surface area contributed by atoms with E-state index in [0.29, 0.717) is 31.7 Å². The highest BCUT2D eigenvalue weighted by Crippen LogP contribution is 2.26. The summed E-state index contributed by atoms with van der Waals surface area (Å²) in [6.45, 7) is 18.9. The molecule has 0 spiro atoms. The van der Waals surface area contributed by atoms with Gasteiger partial charge in [-0.1, -0.05) is 52.5 Å². The molecule has 1 saturated heterocycles. The van der Waals surface area contributed by atoms with Crippen LogP contribution < -0.4 is 26.1 Å². The van der Waals surface area contributed by atoms with Gasteiger partial charge in [-0.25, -0.2) is 10.2 Å². The molecule has 1 heterocycles. The Hall–Kier alpha value is -3.60. The Balaban J connectivity index is 2.03. The molecule has 11 heteroatoms. The lowest BCUT2D eigenvalue weighted by Crippen LogP contribution is -2.62. The lowest BCUT2D eigenvalue weighted by molar-refractivity contribution is -0.143. The van der Waals surface area contributed by atoms with Crippen LogP contribution in [0.25, 0.3) is 0 Å². The molecule has 0 radical (unpaired) electrons. The molecule has 11 nitrogen and oxygen atoms in total. The van der Waals surface area contributed by atoms with E-state index in [9.17, 15) is 19.2 Å². The molecule has 4 amide bonds. The second-order valence-corrected chi connectivity index (χ2v) is 12.3. The highest BCUT2D eigenvalue weighted by molar-refractivity contribution is 5.91. The first-order chi connectivity index (χ1) is 19.6. The summed E-state index contributed by atoms with van der Waals surface area (Å²) in [6.07, 6.45) is 2.13. The summed E-state index contributed by atoms with van der Waals surface area (Å²) in [5.74, 6) is -0.554. The van der Waals surface area contributed by atoms with Crippen molar-refractivity contribution in [1.29, 1.82) is 0 Å². The number of hydrogen-bond donors (Lipinski definition) is 4. The van der Waals surface area contributed by atoms with Crippen LogP contribution in [0.1, 0.15) is 79.8 Å². The zero-order chi connectivity index (χ0) is 31.6. The van der Waals surface area contributed by atoms with E-state index in [1.165, 1.54) is 5.01 Å². The summed E-state index contributed by atoms with van der Waals surface area (Å²) >= 11 is 0. The van der Waals surface area contributed by atoms with E-state index >= 15 is 0 Å². The first kappa shape index (κ1) is 34.6. The maximum Gasteiger partial charge on any atom is 0.408 e. The lowest BCUT2D eigenvalue weighted by Gasteiger charge is -2.36. The Kier molecular flexibility index (Phi) is 12.8. The highest BCUT2D eigenvalue weighted by atomic mass is 16.6. The fourth-order valence-electron chi connectivity index (χ4n) is 4.54. The van der Waals surface area contributed by atoms with Gasteiger partial charge in [0, 0.05) is 6.54 Å². The van der Waals surface area contributed by atoms with Gasteiger partial charge in [0.2, 0.25) is 11.8 Å². The summed E-state index contributed by atoms with van der Waals surface area (Å²) in [4.78, 5) is 51.9. The van der Waals surface area contributed by atoms with Gasteiger partial charge < -0.3 is 25.4 Å². The minimum atomic E-state index is -0.893. The van der Waals surface area contributed by atoms with Crippen molar-refractivity contribution in [2.24, 2.45) is 11.8 Å². The number of nitrogens with zero attached hydrogens (tertiary/aromatic N) is 1. The van der Waals surface area contributed by atoms with Crippen LogP contribution in [0.3, 0.4) is 0 Å². The second-order valence-electron chi connectivity index (χ2n) is 12.3. The summed E-state index contributed by atoms with van der Waals surface area (Å²) in [5, 5.41) is 9.81. The van der Waals surface area contributed by atoms with Gasteiger partial charge >= 0.3 is 6.09 Å². The largest absolute Gasteiger partial charge is 0.490 e. The third-order valence-corrected chi connectivity index (χ3v) is 6.67. The summed E-state index contributed by atoms with van der Waals surface area (Å²) in [6, 6.07) is 4.93. The van der Waals surface area contributed by atoms with Crippen LogP contribution in [-0.2, 0) is 19.1 Å². The van der Waals surface area contributed by atoms with Gasteiger partial charge in [0.1, 0.15) is 36.1 Å². The van der Waals surface area contributed by atoms with E-state index in [1.54, 1.807) is 47.6 Å². The molecule has 1 fully saturated rings. The molecule has 1 aliphatic rings. The van der Waals surface area contributed by atoms with Crippen LogP contribution in [-0.4, -0.2) is 65.7 Å². The predicted molar refractivity (Wildman–Crippen MR) is 161 cm³/mol. The standard InChI is InChI=1S/C31H49N5O6/c1-10-17-41-23-14-11-13-22(18-23)25(19(2)3)33-27(37)24-15-12-16-36(35-24)29(39)21(6)32-28(38)26(20(4)5)34-30(40)42-31(7,8)9/h10-11,13-14,18-21,24-26,35H,1,12,15-17H2,2-9H3,(H,32,38)(H,33,37)(H,34,40)/t21?,24?,25-,26+/m1/s1. The van der Waals surface area contributed by atoms with Crippen LogP contribution in [0, 0.1) is 11.8 Å². The molecular formula is C31H49N5O6. The van der Waals surface area contributed by atoms with Crippen LogP contribution in [0.2, 0.25) is 0 Å². The van der Waals surface area contributed by atoms with Crippen LogP contribution in [0.5, 0.6) is 5.75 Å². The molecule has 42 heavy (non-hydrogen) atoms. The fourth-order valence-corrected chi connectivity index (χ4v) is 4.54. The Morgan fingerprint density at radius 3 is 2.36 bits per heavy atom. The number of carbonyl (C=O) groups excluding carboxylic acids is 4. The highest BCUT2D eigenvalue weighted by Gasteiger charge is 2.34. The van der Waals surface area contributed by atoms with E-state index in [0.717, 1.165) is 5.56 Å². The van der Waals surface area contributed by atoms with E-state index < -0.39 is 35.7 Å². The molecule has 234 valence electrons. The summed E-state index contributed by atoms with van der Waals surface area (Å²) in [5.41, 5.74) is 3.25. The number of hydrogen-bond acceptors (Lipinski definition) is 7. The van der Waals surface area contributed by atoms with Crippen molar-refractivity contribution in [1.82, 2.24) is 26.4 Å². The van der Waals surface area contributed by atoms with Crippen molar-refractivity contribution in [2.45, 2.75) is 98.0 Å². The first-order valence-electron chi connectivity index (χ1n) is 14.6. The summed E-state index contributed by atoms with van der Waals surface area (Å²) < 4.78 is 10.9. The Bertz CT molecular complexity index is 1100. The maximum atomic E-state index is 13.3. The molecule has 0 saturated carbocycles. The topological polar surface area (TPSA) is 138 Å². The molecule has 1 aromatic carbocycles. The SMILES string of the molecule is C=CCOc1cccc([C@H](NC(=O)C2CCCN(C(=O)C(C)NC(=O)[C@@H](NC(=O)OC(C)(C)C)C(C)C)N2)C(C)C)c1. The predicted octanol–water partition coefficient (Wildman–Crippen LogP) is 3.61. The third kappa shape index (κ3) is 10.7. The number of hydrazine groups is 1. The number of ether oxygens (including phenoxy) is 2. The zero-order valence-corrected chi connectivity index (χ0v) is 26.3. The maximum absolute atomic E-state index is 13.3. The van der Waals surface area contributed by atoms with Crippen LogP contribution in [0.15, 0.2) is 36.9 Å². The average molecular weight is 588 g/mol. The minimum absolute atomic E-state index is 0.100. The normalized spacial score (nSPS) is 17.6. The number of benzene rings is 1. The number of carbonyl (C=O) groups is 4. The van der Waals surface area contributed by atoms with Crippen molar-refractivity contribution in [3.63, 3.8) is 0 Å². The Morgan fingerprint density at radius 2 is 1.76 bits per heavy atom. The zero-order valence-electron chi connectivity index (χ0n) is 26.3. The molecule has 0 aromatic heterocycles. The van der Waals surface area contributed by atoms with Gasteiger partial charge in [-0.05, 0) is 70.1 Å². The molecule has 2 unspecified atom stereocenters. The number of rotatable bonds is 12. The van der Waals surface area contributed by atoms with Gasteiger partial charge in [0.25, 0.3) is 5.91 Å². The number of amides is 4. The average Bonchev–Trinajstić information content (AvgIpc) is 2.91. The summed E-state index contributed by atoms with van der Waals surface area (Å²) in [7, 11) is 0. The fraction of sp³-hybridized carbons (Fsp3) is 0.613. The van der Waals surface area contributed by atoms with E-state index in [4.69, 9.17) is 9.47 Å². The third-order valence-electron chi connectivity index (χ3n) is 6.67. The Labute approximate surface area is 250 Å². The molecule has 4 N–H and O–H groups in total. The molecule has 1 aliphatic heterocycles. The smallest absolute Gasteiger partial charge is 0.408 e. The van der Waals surface area contributed by atoms with Crippen molar-refractivity contribution in [3.8, 4) is 5.75 Å². The van der Waals surface area contributed by atoms with Crippen LogP contribution >= 0.6 is 0 Å². The van der Waals surface area contributed by atoms with Gasteiger partial charge in [-0.3, -0.25) is 19.4 Å².